The summed E-state index contributed by atoms with van der Waals surface area (Å²) in [5.41, 5.74) is 5.70. The third kappa shape index (κ3) is 9.36. The van der Waals surface area contributed by atoms with E-state index in [0.29, 0.717) is 36.0 Å². The van der Waals surface area contributed by atoms with Crippen molar-refractivity contribution in [3.63, 3.8) is 0 Å². The summed E-state index contributed by atoms with van der Waals surface area (Å²) in [6, 6.07) is 0. The maximum Gasteiger partial charge on any atom is 0.128 e. The van der Waals surface area contributed by atoms with Gasteiger partial charge >= 0.3 is 0 Å². The molecule has 0 saturated carbocycles. The third-order valence-electron chi connectivity index (χ3n) is 14.5. The number of halogens is 2. The number of aliphatic hydroxyl groups is 3. The first-order valence-corrected chi connectivity index (χ1v) is 20.7. The first kappa shape index (κ1) is 41.7. The van der Waals surface area contributed by atoms with Crippen molar-refractivity contribution in [3.8, 4) is 0 Å². The quantitative estimate of drug-likeness (QED) is 0.257. The van der Waals surface area contributed by atoms with Gasteiger partial charge in [0.25, 0.3) is 0 Å². The molecule has 3 N–H and O–H groups in total. The fourth-order valence-electron chi connectivity index (χ4n) is 10.9. The summed E-state index contributed by atoms with van der Waals surface area (Å²) in [7, 11) is 0. The molecule has 0 spiro atoms. The fourth-order valence-corrected chi connectivity index (χ4v) is 10.9. The summed E-state index contributed by atoms with van der Waals surface area (Å²) < 4.78 is 28.8. The van der Waals surface area contributed by atoms with Crippen LogP contribution in [-0.2, 0) is 0 Å². The van der Waals surface area contributed by atoms with Crippen molar-refractivity contribution in [2.45, 2.75) is 196 Å². The maximum absolute atomic E-state index is 14.7. The summed E-state index contributed by atoms with van der Waals surface area (Å²) in [5, 5.41) is 31.1. The molecule has 11 atom stereocenters. The third-order valence-corrected chi connectivity index (χ3v) is 14.5. The smallest absolute Gasteiger partial charge is 0.128 e. The van der Waals surface area contributed by atoms with Gasteiger partial charge in [0.1, 0.15) is 11.8 Å². The molecule has 0 aromatic heterocycles. The van der Waals surface area contributed by atoms with Crippen LogP contribution in [0.25, 0.3) is 0 Å². The van der Waals surface area contributed by atoms with Crippen LogP contribution in [-0.4, -0.2) is 44.5 Å². The van der Waals surface area contributed by atoms with E-state index in [1.165, 1.54) is 62.7 Å². The highest BCUT2D eigenvalue weighted by Crippen LogP contribution is 2.49. The molecule has 0 saturated heterocycles. The number of alkyl halides is 2. The number of allylic oxidation sites excluding steroid dienone is 5. The summed E-state index contributed by atoms with van der Waals surface area (Å²) in [5.74, 6) is 3.33. The van der Waals surface area contributed by atoms with Gasteiger partial charge in [-0.3, -0.25) is 0 Å². The molecule has 0 radical (unpaired) electrons. The summed E-state index contributed by atoms with van der Waals surface area (Å²) in [6.45, 7) is 24.2. The Morgan fingerprint density at radius 1 is 0.500 bits per heavy atom. The van der Waals surface area contributed by atoms with E-state index >= 15 is 0 Å². The highest BCUT2D eigenvalue weighted by molar-refractivity contribution is 5.31. The molecule has 0 fully saturated rings. The molecule has 5 heteroatoms. The summed E-state index contributed by atoms with van der Waals surface area (Å²) in [6.07, 6.45) is 12.8. The lowest BCUT2D eigenvalue weighted by molar-refractivity contribution is -0.0398. The van der Waals surface area contributed by atoms with E-state index in [2.05, 4.69) is 41.5 Å². The van der Waals surface area contributed by atoms with E-state index in [1.54, 1.807) is 11.1 Å². The minimum Gasteiger partial charge on any atom is -0.390 e. The van der Waals surface area contributed by atoms with Gasteiger partial charge < -0.3 is 15.3 Å². The van der Waals surface area contributed by atoms with Gasteiger partial charge in [-0.05, 0) is 178 Å². The van der Waals surface area contributed by atoms with Crippen LogP contribution in [0.5, 0.6) is 0 Å². The number of hydrogen-bond acceptors (Lipinski definition) is 3. The predicted molar refractivity (Wildman–Crippen MR) is 205 cm³/mol. The van der Waals surface area contributed by atoms with E-state index in [0.717, 1.165) is 62.4 Å². The minimum absolute atomic E-state index is 0.0157. The van der Waals surface area contributed by atoms with Gasteiger partial charge in [0.2, 0.25) is 0 Å². The van der Waals surface area contributed by atoms with Crippen LogP contribution in [0, 0.1) is 53.3 Å². The van der Waals surface area contributed by atoms with Crippen LogP contribution in [0.15, 0.2) is 33.4 Å². The van der Waals surface area contributed by atoms with Crippen LogP contribution in [0.1, 0.15) is 167 Å². The molecule has 50 heavy (non-hydrogen) atoms. The molecule has 0 heterocycles. The largest absolute Gasteiger partial charge is 0.390 e. The topological polar surface area (TPSA) is 60.7 Å². The minimum atomic E-state index is -1.41. The second-order valence-electron chi connectivity index (χ2n) is 19.6. The molecule has 0 aromatic carbocycles. The molecular weight excluding hydrogens is 626 g/mol. The van der Waals surface area contributed by atoms with E-state index in [-0.39, 0.29) is 5.92 Å². The van der Waals surface area contributed by atoms with Crippen LogP contribution < -0.4 is 0 Å². The standard InChI is InChI=1S/C15H24F2.C15H26O2.C15H26O/c2*1-9-6-8-12(15(3,4)17)14(16)13-10(2)5-7-11(9)13;1-10-5-7-12(15(3,4)16)9-14-11(2)6-8-13(10)14/h9-10,12,14H,5-8H2,1-4H3;9-10,12,14,16-17H,5-8H2,1-4H3;10-12,16H,5-9H2,1-4H3/t2*9-,10-,12+,14?;10-,11-,12+/m000/s1. The average molecular weight is 703 g/mol. The SMILES string of the molecule is C[C@H]1CC[C@@H](C(C)(C)F)C(F)C2=C1CC[C@@H]2C.C[C@H]1CC[C@@H](C(C)(C)O)C(O)C2=C1CC[C@@H]2C.C[C@H]1CC[C@@H](C(C)(C)O)CC2=C1CC[C@@H]2C. The van der Waals surface area contributed by atoms with Crippen LogP contribution in [0.3, 0.4) is 0 Å². The second kappa shape index (κ2) is 16.1. The first-order valence-electron chi connectivity index (χ1n) is 20.7. The van der Waals surface area contributed by atoms with Crippen molar-refractivity contribution in [1.29, 1.82) is 0 Å². The Bertz CT molecular complexity index is 1190. The Balaban J connectivity index is 0.000000169. The number of rotatable bonds is 3. The van der Waals surface area contributed by atoms with Crippen LogP contribution in [0.4, 0.5) is 8.78 Å². The van der Waals surface area contributed by atoms with Gasteiger partial charge in [-0.2, -0.15) is 0 Å². The molecule has 6 rings (SSSR count). The summed E-state index contributed by atoms with van der Waals surface area (Å²) in [4.78, 5) is 0. The number of aliphatic hydroxyl groups excluding tert-OH is 1. The zero-order valence-corrected chi connectivity index (χ0v) is 34.1. The molecule has 288 valence electrons. The van der Waals surface area contributed by atoms with E-state index in [4.69, 9.17) is 0 Å². The lowest BCUT2D eigenvalue weighted by Gasteiger charge is -2.34. The van der Waals surface area contributed by atoms with Crippen molar-refractivity contribution in [3.05, 3.63) is 33.4 Å². The average Bonchev–Trinajstić information content (AvgIpc) is 3.59. The van der Waals surface area contributed by atoms with Crippen molar-refractivity contribution in [2.75, 3.05) is 0 Å². The van der Waals surface area contributed by atoms with Gasteiger partial charge in [-0.1, -0.05) is 63.8 Å². The molecular formula is C45H76F2O3. The molecule has 0 bridgehead atoms. The van der Waals surface area contributed by atoms with Crippen molar-refractivity contribution in [2.24, 2.45) is 53.3 Å². The van der Waals surface area contributed by atoms with Gasteiger partial charge in [-0.15, -0.1) is 0 Å². The lowest BCUT2D eigenvalue weighted by Crippen LogP contribution is -2.40. The highest BCUT2D eigenvalue weighted by Gasteiger charge is 2.45. The monoisotopic (exact) mass is 703 g/mol. The Kier molecular flexibility index (Phi) is 13.5. The van der Waals surface area contributed by atoms with Gasteiger partial charge in [0, 0.05) is 11.8 Å². The van der Waals surface area contributed by atoms with Gasteiger partial charge in [0.05, 0.1) is 17.3 Å². The second-order valence-corrected chi connectivity index (χ2v) is 19.6. The van der Waals surface area contributed by atoms with E-state index in [1.807, 2.05) is 27.7 Å². The Labute approximate surface area is 305 Å². The molecule has 0 amide bonds. The summed E-state index contributed by atoms with van der Waals surface area (Å²) >= 11 is 0. The first-order chi connectivity index (χ1) is 23.0. The zero-order chi connectivity index (χ0) is 37.5. The number of hydrogen-bond donors (Lipinski definition) is 3. The van der Waals surface area contributed by atoms with Crippen LogP contribution in [0.2, 0.25) is 0 Å². The van der Waals surface area contributed by atoms with Crippen molar-refractivity contribution in [1.82, 2.24) is 0 Å². The van der Waals surface area contributed by atoms with Crippen molar-refractivity contribution >= 4 is 0 Å². The molecule has 6 aliphatic rings. The molecule has 0 aliphatic heterocycles. The highest BCUT2D eigenvalue weighted by atomic mass is 19.2. The van der Waals surface area contributed by atoms with E-state index in [9.17, 15) is 24.1 Å². The maximum atomic E-state index is 14.7. The van der Waals surface area contributed by atoms with Crippen LogP contribution >= 0.6 is 0 Å². The Morgan fingerprint density at radius 2 is 0.920 bits per heavy atom. The Morgan fingerprint density at radius 3 is 1.44 bits per heavy atom. The predicted octanol–water partition coefficient (Wildman–Crippen LogP) is 11.7. The van der Waals surface area contributed by atoms with E-state index < -0.39 is 35.1 Å². The zero-order valence-electron chi connectivity index (χ0n) is 34.1. The molecule has 2 unspecified atom stereocenters. The fraction of sp³-hybridized carbons (Fsp3) is 0.867. The molecule has 3 nitrogen and oxygen atoms in total. The molecule has 6 aliphatic carbocycles. The van der Waals surface area contributed by atoms with Crippen molar-refractivity contribution < 1.29 is 24.1 Å². The van der Waals surface area contributed by atoms with Gasteiger partial charge in [-0.25, -0.2) is 8.78 Å². The normalized spacial score (nSPS) is 38.2. The molecule has 0 aromatic rings. The van der Waals surface area contributed by atoms with Gasteiger partial charge in [0.15, 0.2) is 0 Å². The lowest BCUT2D eigenvalue weighted by atomic mass is 9.79. The Hall–Kier alpha value is -1.04.